The SMILES string of the molecule is COc1cccc(Cc2noc(-c3csc4c3CCCC4)n2)n1. The average molecular weight is 327 g/mol. The van der Waals surface area contributed by atoms with Crippen molar-refractivity contribution in [2.24, 2.45) is 0 Å². The lowest BCUT2D eigenvalue weighted by Gasteiger charge is -2.10. The molecule has 0 atom stereocenters. The Morgan fingerprint density at radius 1 is 1.22 bits per heavy atom. The highest BCUT2D eigenvalue weighted by Gasteiger charge is 2.20. The number of aromatic nitrogens is 3. The average Bonchev–Trinajstić information content (AvgIpc) is 3.21. The molecule has 0 saturated carbocycles. The largest absolute Gasteiger partial charge is 0.481 e. The summed E-state index contributed by atoms with van der Waals surface area (Å²) in [6.45, 7) is 0. The Morgan fingerprint density at radius 3 is 3.04 bits per heavy atom. The van der Waals surface area contributed by atoms with Gasteiger partial charge in [-0.3, -0.25) is 0 Å². The quantitative estimate of drug-likeness (QED) is 0.731. The van der Waals surface area contributed by atoms with Crippen LogP contribution in [-0.2, 0) is 19.3 Å². The molecule has 3 aromatic rings. The van der Waals surface area contributed by atoms with E-state index >= 15 is 0 Å². The summed E-state index contributed by atoms with van der Waals surface area (Å²) in [5.41, 5.74) is 3.38. The number of ether oxygens (including phenoxy) is 1. The van der Waals surface area contributed by atoms with Gasteiger partial charge in [-0.15, -0.1) is 11.3 Å². The van der Waals surface area contributed by atoms with E-state index < -0.39 is 0 Å². The molecule has 0 unspecified atom stereocenters. The summed E-state index contributed by atoms with van der Waals surface area (Å²) in [5, 5.41) is 6.26. The number of aryl methyl sites for hydroxylation is 1. The van der Waals surface area contributed by atoms with Crippen molar-refractivity contribution in [3.8, 4) is 17.3 Å². The van der Waals surface area contributed by atoms with Gasteiger partial charge in [0.2, 0.25) is 5.88 Å². The van der Waals surface area contributed by atoms with Crippen LogP contribution in [0.25, 0.3) is 11.5 Å². The van der Waals surface area contributed by atoms with Gasteiger partial charge in [-0.05, 0) is 37.3 Å². The van der Waals surface area contributed by atoms with Crippen molar-refractivity contribution in [2.75, 3.05) is 7.11 Å². The van der Waals surface area contributed by atoms with E-state index in [9.17, 15) is 0 Å². The van der Waals surface area contributed by atoms with Crippen LogP contribution in [0.15, 0.2) is 28.1 Å². The summed E-state index contributed by atoms with van der Waals surface area (Å²) in [4.78, 5) is 10.4. The predicted molar refractivity (Wildman–Crippen MR) is 87.8 cm³/mol. The number of nitrogens with zero attached hydrogens (tertiary/aromatic N) is 3. The van der Waals surface area contributed by atoms with Gasteiger partial charge in [-0.25, -0.2) is 4.98 Å². The number of rotatable bonds is 4. The minimum absolute atomic E-state index is 0.535. The number of fused-ring (bicyclic) bond motifs is 1. The summed E-state index contributed by atoms with van der Waals surface area (Å²) in [6, 6.07) is 5.67. The number of methoxy groups -OCH3 is 1. The molecule has 0 spiro atoms. The Hall–Kier alpha value is -2.21. The molecule has 5 nitrogen and oxygen atoms in total. The Labute approximate surface area is 138 Å². The van der Waals surface area contributed by atoms with E-state index in [2.05, 4.69) is 20.5 Å². The van der Waals surface area contributed by atoms with Gasteiger partial charge in [-0.1, -0.05) is 11.2 Å². The molecule has 6 heteroatoms. The van der Waals surface area contributed by atoms with E-state index in [0.29, 0.717) is 24.0 Å². The van der Waals surface area contributed by atoms with Crippen molar-refractivity contribution in [1.29, 1.82) is 0 Å². The first-order valence-corrected chi connectivity index (χ1v) is 8.63. The Morgan fingerprint density at radius 2 is 2.13 bits per heavy atom. The highest BCUT2D eigenvalue weighted by molar-refractivity contribution is 7.10. The fourth-order valence-corrected chi connectivity index (χ4v) is 4.06. The molecule has 0 radical (unpaired) electrons. The van der Waals surface area contributed by atoms with Gasteiger partial charge < -0.3 is 9.26 Å². The van der Waals surface area contributed by atoms with E-state index in [1.54, 1.807) is 7.11 Å². The molecule has 0 saturated heterocycles. The second kappa shape index (κ2) is 6.12. The molecule has 0 N–H and O–H groups in total. The van der Waals surface area contributed by atoms with E-state index in [1.807, 2.05) is 29.5 Å². The van der Waals surface area contributed by atoms with E-state index in [0.717, 1.165) is 17.7 Å². The van der Waals surface area contributed by atoms with Crippen LogP contribution in [0.1, 0.15) is 34.8 Å². The van der Waals surface area contributed by atoms with Gasteiger partial charge in [0.05, 0.1) is 24.8 Å². The lowest BCUT2D eigenvalue weighted by Crippen LogP contribution is -1.99. The van der Waals surface area contributed by atoms with Crippen molar-refractivity contribution >= 4 is 11.3 Å². The van der Waals surface area contributed by atoms with Crippen LogP contribution < -0.4 is 4.74 Å². The van der Waals surface area contributed by atoms with Crippen molar-refractivity contribution in [2.45, 2.75) is 32.1 Å². The first kappa shape index (κ1) is 14.4. The minimum atomic E-state index is 0.535. The summed E-state index contributed by atoms with van der Waals surface area (Å²) in [7, 11) is 1.61. The zero-order chi connectivity index (χ0) is 15.6. The van der Waals surface area contributed by atoms with Crippen LogP contribution in [0.3, 0.4) is 0 Å². The number of hydrogen-bond donors (Lipinski definition) is 0. The third-order valence-electron chi connectivity index (χ3n) is 4.09. The Kier molecular flexibility index (Phi) is 3.83. The fourth-order valence-electron chi connectivity index (χ4n) is 2.94. The molecule has 4 rings (SSSR count). The van der Waals surface area contributed by atoms with Crippen LogP contribution >= 0.6 is 11.3 Å². The molecule has 0 aliphatic heterocycles. The third-order valence-corrected chi connectivity index (χ3v) is 5.18. The van der Waals surface area contributed by atoms with Crippen molar-refractivity contribution in [1.82, 2.24) is 15.1 Å². The third kappa shape index (κ3) is 2.86. The number of hydrogen-bond acceptors (Lipinski definition) is 6. The molecule has 3 aromatic heterocycles. The van der Waals surface area contributed by atoms with Crippen LogP contribution in [0.4, 0.5) is 0 Å². The first-order valence-electron chi connectivity index (χ1n) is 7.75. The van der Waals surface area contributed by atoms with E-state index in [4.69, 9.17) is 9.26 Å². The van der Waals surface area contributed by atoms with Gasteiger partial charge in [0, 0.05) is 16.3 Å². The summed E-state index contributed by atoms with van der Waals surface area (Å²) in [5.74, 6) is 1.87. The number of pyridine rings is 1. The first-order chi connectivity index (χ1) is 11.3. The zero-order valence-electron chi connectivity index (χ0n) is 12.9. The van der Waals surface area contributed by atoms with Crippen LogP contribution in [-0.4, -0.2) is 22.2 Å². The Balaban J connectivity index is 1.58. The highest BCUT2D eigenvalue weighted by Crippen LogP contribution is 2.35. The van der Waals surface area contributed by atoms with E-state index in [1.165, 1.54) is 29.7 Å². The monoisotopic (exact) mass is 327 g/mol. The lowest BCUT2D eigenvalue weighted by molar-refractivity contribution is 0.396. The van der Waals surface area contributed by atoms with Gasteiger partial charge in [-0.2, -0.15) is 4.98 Å². The zero-order valence-corrected chi connectivity index (χ0v) is 13.7. The van der Waals surface area contributed by atoms with Gasteiger partial charge >= 0.3 is 0 Å². The number of thiophene rings is 1. The van der Waals surface area contributed by atoms with Crippen LogP contribution in [0, 0.1) is 0 Å². The summed E-state index contributed by atoms with van der Waals surface area (Å²) >= 11 is 1.81. The summed E-state index contributed by atoms with van der Waals surface area (Å²) < 4.78 is 10.6. The molecule has 1 aliphatic rings. The molecule has 0 aromatic carbocycles. The maximum absolute atomic E-state index is 5.49. The molecule has 0 fully saturated rings. The minimum Gasteiger partial charge on any atom is -0.481 e. The van der Waals surface area contributed by atoms with E-state index in [-0.39, 0.29) is 0 Å². The van der Waals surface area contributed by atoms with Gasteiger partial charge in [0.15, 0.2) is 5.82 Å². The summed E-state index contributed by atoms with van der Waals surface area (Å²) in [6.07, 6.45) is 5.35. The molecular weight excluding hydrogens is 310 g/mol. The van der Waals surface area contributed by atoms with Gasteiger partial charge in [0.25, 0.3) is 5.89 Å². The molecule has 1 aliphatic carbocycles. The van der Waals surface area contributed by atoms with Crippen LogP contribution in [0.5, 0.6) is 5.88 Å². The normalized spacial score (nSPS) is 13.8. The molecule has 0 amide bonds. The lowest BCUT2D eigenvalue weighted by atomic mass is 9.96. The van der Waals surface area contributed by atoms with Crippen LogP contribution in [0.2, 0.25) is 0 Å². The molecule has 3 heterocycles. The van der Waals surface area contributed by atoms with Crippen molar-refractivity contribution in [3.63, 3.8) is 0 Å². The molecule has 23 heavy (non-hydrogen) atoms. The predicted octanol–water partition coefficient (Wildman–Crippen LogP) is 3.67. The van der Waals surface area contributed by atoms with Gasteiger partial charge in [0.1, 0.15) is 0 Å². The van der Waals surface area contributed by atoms with Crippen molar-refractivity contribution < 1.29 is 9.26 Å². The second-order valence-corrected chi connectivity index (χ2v) is 6.59. The standard InChI is InChI=1S/C17H17N3O2S/c1-21-16-8-4-5-11(18-16)9-15-19-17(22-20-15)13-10-23-14-7-3-2-6-12(13)14/h4-5,8,10H,2-3,6-7,9H2,1H3. The van der Waals surface area contributed by atoms with Crippen molar-refractivity contribution in [3.05, 3.63) is 45.5 Å². The Bertz CT molecular complexity index is 825. The highest BCUT2D eigenvalue weighted by atomic mass is 32.1. The molecule has 0 bridgehead atoms. The second-order valence-electron chi connectivity index (χ2n) is 5.62. The molecular formula is C17H17N3O2S. The smallest absolute Gasteiger partial charge is 0.259 e. The maximum atomic E-state index is 5.49. The fraction of sp³-hybridized carbons (Fsp3) is 0.353. The maximum Gasteiger partial charge on any atom is 0.259 e. The molecule has 118 valence electrons. The topological polar surface area (TPSA) is 61.0 Å².